The summed E-state index contributed by atoms with van der Waals surface area (Å²) in [5.41, 5.74) is 1.72. The number of amides is 1. The molecule has 7 heteroatoms. The smallest absolute Gasteiger partial charge is 0.243 e. The molecule has 0 bridgehead atoms. The molecule has 3 aromatic rings. The average Bonchev–Trinajstić information content (AvgIpc) is 3.03. The van der Waals surface area contributed by atoms with Crippen LogP contribution in [0.15, 0.2) is 54.6 Å². The molecule has 23 heavy (non-hydrogen) atoms. The Morgan fingerprint density at radius 2 is 1.83 bits per heavy atom. The molecule has 0 saturated heterocycles. The van der Waals surface area contributed by atoms with Gasteiger partial charge in [-0.1, -0.05) is 60.1 Å². The maximum Gasteiger partial charge on any atom is 0.243 e. The molecule has 3 rings (SSSR count). The Bertz CT molecular complexity index is 803. The van der Waals surface area contributed by atoms with E-state index in [1.807, 2.05) is 48.5 Å². The quantitative estimate of drug-likeness (QED) is 0.780. The van der Waals surface area contributed by atoms with Crippen LogP contribution in [-0.2, 0) is 17.9 Å². The van der Waals surface area contributed by atoms with E-state index in [4.69, 9.17) is 11.6 Å². The van der Waals surface area contributed by atoms with E-state index >= 15 is 0 Å². The molecule has 0 spiro atoms. The summed E-state index contributed by atoms with van der Waals surface area (Å²) in [6.07, 6.45) is 0. The topological polar surface area (TPSA) is 72.7 Å². The van der Waals surface area contributed by atoms with Crippen LogP contribution in [0.25, 0.3) is 11.4 Å². The third kappa shape index (κ3) is 3.92. The summed E-state index contributed by atoms with van der Waals surface area (Å²) in [5, 5.41) is 15.5. The first-order valence-electron chi connectivity index (χ1n) is 7.06. The van der Waals surface area contributed by atoms with Gasteiger partial charge in [0.05, 0.1) is 0 Å². The van der Waals surface area contributed by atoms with E-state index in [-0.39, 0.29) is 12.5 Å². The fourth-order valence-corrected chi connectivity index (χ4v) is 2.24. The zero-order valence-electron chi connectivity index (χ0n) is 12.2. The molecule has 1 amide bonds. The first kappa shape index (κ1) is 15.2. The van der Waals surface area contributed by atoms with E-state index < -0.39 is 0 Å². The van der Waals surface area contributed by atoms with Gasteiger partial charge in [0, 0.05) is 17.1 Å². The molecule has 6 nitrogen and oxygen atoms in total. The van der Waals surface area contributed by atoms with Crippen molar-refractivity contribution in [3.8, 4) is 11.4 Å². The lowest BCUT2D eigenvalue weighted by molar-refractivity contribution is -0.122. The van der Waals surface area contributed by atoms with Gasteiger partial charge in [-0.05, 0) is 16.8 Å². The fraction of sp³-hybridized carbons (Fsp3) is 0.125. The van der Waals surface area contributed by atoms with E-state index in [0.29, 0.717) is 17.4 Å². The monoisotopic (exact) mass is 327 g/mol. The number of tetrazole rings is 1. The van der Waals surface area contributed by atoms with Crippen LogP contribution >= 0.6 is 11.6 Å². The minimum absolute atomic E-state index is 0.00425. The van der Waals surface area contributed by atoms with Crippen LogP contribution in [-0.4, -0.2) is 26.1 Å². The van der Waals surface area contributed by atoms with Crippen LogP contribution in [0, 0.1) is 0 Å². The first-order valence-corrected chi connectivity index (χ1v) is 7.43. The summed E-state index contributed by atoms with van der Waals surface area (Å²) in [7, 11) is 0. The van der Waals surface area contributed by atoms with Crippen LogP contribution in [0.2, 0.25) is 5.02 Å². The highest BCUT2D eigenvalue weighted by atomic mass is 35.5. The number of carbonyl (C=O) groups is 1. The Morgan fingerprint density at radius 1 is 1.09 bits per heavy atom. The fourth-order valence-electron chi connectivity index (χ4n) is 2.03. The lowest BCUT2D eigenvalue weighted by Gasteiger charge is -2.06. The van der Waals surface area contributed by atoms with Crippen molar-refractivity contribution >= 4 is 17.5 Å². The van der Waals surface area contributed by atoms with Gasteiger partial charge in [0.1, 0.15) is 6.54 Å². The van der Waals surface area contributed by atoms with Crippen molar-refractivity contribution in [1.82, 2.24) is 25.5 Å². The zero-order chi connectivity index (χ0) is 16.1. The van der Waals surface area contributed by atoms with Gasteiger partial charge in [0.2, 0.25) is 11.7 Å². The summed E-state index contributed by atoms with van der Waals surface area (Å²) in [5.74, 6) is 0.284. The highest BCUT2D eigenvalue weighted by molar-refractivity contribution is 6.31. The molecule has 0 aliphatic rings. The first-order chi connectivity index (χ1) is 11.2. The number of hydrogen-bond acceptors (Lipinski definition) is 4. The Kier molecular flexibility index (Phi) is 4.63. The number of halogens is 1. The molecule has 0 unspecified atom stereocenters. The molecule has 1 heterocycles. The average molecular weight is 328 g/mol. The lowest BCUT2D eigenvalue weighted by atomic mass is 10.2. The lowest BCUT2D eigenvalue weighted by Crippen LogP contribution is -2.28. The molecular formula is C16H14ClN5O. The Morgan fingerprint density at radius 3 is 2.61 bits per heavy atom. The van der Waals surface area contributed by atoms with E-state index in [1.54, 1.807) is 6.07 Å². The number of carbonyl (C=O) groups excluding carboxylic acids is 1. The van der Waals surface area contributed by atoms with E-state index in [1.165, 1.54) is 4.80 Å². The summed E-state index contributed by atoms with van der Waals surface area (Å²) >= 11 is 6.05. The molecule has 0 aliphatic heterocycles. The minimum Gasteiger partial charge on any atom is -0.350 e. The van der Waals surface area contributed by atoms with Crippen molar-refractivity contribution in [3.05, 3.63) is 65.2 Å². The van der Waals surface area contributed by atoms with Crippen LogP contribution in [0.3, 0.4) is 0 Å². The zero-order valence-corrected chi connectivity index (χ0v) is 12.9. The number of nitrogens with zero attached hydrogens (tertiary/aromatic N) is 4. The molecular weight excluding hydrogens is 314 g/mol. The second kappa shape index (κ2) is 7.02. The van der Waals surface area contributed by atoms with E-state index in [2.05, 4.69) is 20.7 Å². The van der Waals surface area contributed by atoms with Crippen molar-refractivity contribution in [2.45, 2.75) is 13.1 Å². The van der Waals surface area contributed by atoms with Crippen molar-refractivity contribution in [3.63, 3.8) is 0 Å². The summed E-state index contributed by atoms with van der Waals surface area (Å²) in [6, 6.07) is 16.8. The molecule has 116 valence electrons. The van der Waals surface area contributed by atoms with Crippen molar-refractivity contribution < 1.29 is 4.79 Å². The maximum absolute atomic E-state index is 12.0. The molecule has 1 N–H and O–H groups in total. The van der Waals surface area contributed by atoms with Crippen molar-refractivity contribution in [2.75, 3.05) is 0 Å². The molecule has 0 saturated carbocycles. The molecule has 0 atom stereocenters. The van der Waals surface area contributed by atoms with Crippen LogP contribution in [0.4, 0.5) is 0 Å². The Balaban J connectivity index is 1.58. The molecule has 2 aromatic carbocycles. The maximum atomic E-state index is 12.0. The predicted molar refractivity (Wildman–Crippen MR) is 86.6 cm³/mol. The number of rotatable bonds is 5. The molecule has 1 aromatic heterocycles. The van der Waals surface area contributed by atoms with Gasteiger partial charge in [-0.15, -0.1) is 10.2 Å². The minimum atomic E-state index is -0.207. The third-order valence-electron chi connectivity index (χ3n) is 3.20. The Hall–Kier alpha value is -2.73. The summed E-state index contributed by atoms with van der Waals surface area (Å²) < 4.78 is 0. The third-order valence-corrected chi connectivity index (χ3v) is 3.57. The second-order valence-electron chi connectivity index (χ2n) is 4.88. The normalized spacial score (nSPS) is 10.5. The van der Waals surface area contributed by atoms with Gasteiger partial charge in [0.25, 0.3) is 0 Å². The highest BCUT2D eigenvalue weighted by Gasteiger charge is 2.09. The van der Waals surface area contributed by atoms with E-state index in [9.17, 15) is 4.79 Å². The van der Waals surface area contributed by atoms with Gasteiger partial charge < -0.3 is 5.32 Å². The largest absolute Gasteiger partial charge is 0.350 e. The van der Waals surface area contributed by atoms with Gasteiger partial charge >= 0.3 is 0 Å². The van der Waals surface area contributed by atoms with Crippen molar-refractivity contribution in [1.29, 1.82) is 0 Å². The van der Waals surface area contributed by atoms with Crippen molar-refractivity contribution in [2.24, 2.45) is 0 Å². The summed E-state index contributed by atoms with van der Waals surface area (Å²) in [4.78, 5) is 13.2. The Labute approximate surface area is 138 Å². The summed E-state index contributed by atoms with van der Waals surface area (Å²) in [6.45, 7) is 0.364. The van der Waals surface area contributed by atoms with Crippen LogP contribution in [0.1, 0.15) is 5.56 Å². The van der Waals surface area contributed by atoms with Gasteiger partial charge in [-0.25, -0.2) is 0 Å². The standard InChI is InChI=1S/C16H14ClN5O/c17-14-9-5-4-8-13(14)10-18-15(23)11-22-20-16(19-21-22)12-6-2-1-3-7-12/h1-9H,10-11H2,(H,18,23). The molecule has 0 radical (unpaired) electrons. The molecule has 0 aliphatic carbocycles. The second-order valence-corrected chi connectivity index (χ2v) is 5.28. The molecule has 0 fully saturated rings. The van der Waals surface area contributed by atoms with Crippen LogP contribution < -0.4 is 5.32 Å². The number of benzene rings is 2. The van der Waals surface area contributed by atoms with Gasteiger partial charge in [0.15, 0.2) is 0 Å². The number of hydrogen-bond donors (Lipinski definition) is 1. The number of aromatic nitrogens is 4. The SMILES string of the molecule is O=C(Cn1nnc(-c2ccccc2)n1)NCc1ccccc1Cl. The highest BCUT2D eigenvalue weighted by Crippen LogP contribution is 2.14. The van der Waals surface area contributed by atoms with E-state index in [0.717, 1.165) is 11.1 Å². The van der Waals surface area contributed by atoms with Crippen LogP contribution in [0.5, 0.6) is 0 Å². The predicted octanol–water partition coefficient (Wildman–Crippen LogP) is 2.31. The van der Waals surface area contributed by atoms with Gasteiger partial charge in [-0.3, -0.25) is 4.79 Å². The number of nitrogens with one attached hydrogen (secondary N) is 1. The van der Waals surface area contributed by atoms with Gasteiger partial charge in [-0.2, -0.15) is 4.80 Å².